The van der Waals surface area contributed by atoms with Gasteiger partial charge in [0, 0.05) is 12.1 Å². The first-order chi connectivity index (χ1) is 10.0. The molecular formula is C15H22N4O2. The third kappa shape index (κ3) is 4.75. The van der Waals surface area contributed by atoms with Crippen LogP contribution >= 0.6 is 0 Å². The molecule has 2 atom stereocenters. The van der Waals surface area contributed by atoms with Crippen LogP contribution < -0.4 is 21.7 Å². The zero-order valence-corrected chi connectivity index (χ0v) is 12.2. The minimum atomic E-state index is -0.589. The standard InChI is InChI=1S/C15H22N4O2/c1-10(18-14(20)8-11-6-7-17-9-11)12-2-4-13(5-3-12)19-15(16)21/h2-5,10-11,17H,6-9H2,1H3,(H,18,20)(H3,16,19,21). The highest BCUT2D eigenvalue weighted by molar-refractivity contribution is 5.87. The predicted molar refractivity (Wildman–Crippen MR) is 81.8 cm³/mol. The van der Waals surface area contributed by atoms with Gasteiger partial charge < -0.3 is 21.7 Å². The van der Waals surface area contributed by atoms with Gasteiger partial charge in [0.15, 0.2) is 0 Å². The van der Waals surface area contributed by atoms with Gasteiger partial charge in [-0.05, 0) is 50.0 Å². The summed E-state index contributed by atoms with van der Waals surface area (Å²) in [5.74, 6) is 0.523. The van der Waals surface area contributed by atoms with E-state index in [-0.39, 0.29) is 11.9 Å². The van der Waals surface area contributed by atoms with E-state index in [9.17, 15) is 9.59 Å². The van der Waals surface area contributed by atoms with Crippen LogP contribution in [0.4, 0.5) is 10.5 Å². The molecule has 3 amide bonds. The molecule has 1 aliphatic rings. The van der Waals surface area contributed by atoms with Crippen LogP contribution in [-0.2, 0) is 4.79 Å². The molecule has 5 N–H and O–H groups in total. The molecule has 1 heterocycles. The number of hydrogen-bond acceptors (Lipinski definition) is 3. The van der Waals surface area contributed by atoms with Crippen molar-refractivity contribution in [2.45, 2.75) is 25.8 Å². The Hall–Kier alpha value is -2.08. The lowest BCUT2D eigenvalue weighted by atomic mass is 10.0. The summed E-state index contributed by atoms with van der Waals surface area (Å²) in [4.78, 5) is 22.7. The van der Waals surface area contributed by atoms with Gasteiger partial charge >= 0.3 is 6.03 Å². The Balaban J connectivity index is 1.85. The van der Waals surface area contributed by atoms with Crippen molar-refractivity contribution in [2.24, 2.45) is 11.7 Å². The van der Waals surface area contributed by atoms with E-state index in [1.54, 1.807) is 12.1 Å². The van der Waals surface area contributed by atoms with Crippen molar-refractivity contribution in [2.75, 3.05) is 18.4 Å². The second-order valence-corrected chi connectivity index (χ2v) is 5.46. The maximum Gasteiger partial charge on any atom is 0.316 e. The molecule has 1 saturated heterocycles. The summed E-state index contributed by atoms with van der Waals surface area (Å²) in [6.07, 6.45) is 1.63. The number of carbonyl (C=O) groups is 2. The van der Waals surface area contributed by atoms with Crippen molar-refractivity contribution in [1.29, 1.82) is 0 Å². The van der Waals surface area contributed by atoms with Crippen LogP contribution in [0.5, 0.6) is 0 Å². The summed E-state index contributed by atoms with van der Waals surface area (Å²) in [5.41, 5.74) is 6.68. The quantitative estimate of drug-likeness (QED) is 0.659. The van der Waals surface area contributed by atoms with E-state index < -0.39 is 6.03 Å². The normalized spacial score (nSPS) is 19.0. The molecule has 0 spiro atoms. The lowest BCUT2D eigenvalue weighted by molar-refractivity contribution is -0.122. The first-order valence-corrected chi connectivity index (χ1v) is 7.21. The van der Waals surface area contributed by atoms with E-state index in [1.807, 2.05) is 19.1 Å². The summed E-state index contributed by atoms with van der Waals surface area (Å²) in [6, 6.07) is 6.62. The van der Waals surface area contributed by atoms with E-state index in [1.165, 1.54) is 0 Å². The zero-order valence-electron chi connectivity index (χ0n) is 12.2. The largest absolute Gasteiger partial charge is 0.351 e. The smallest absolute Gasteiger partial charge is 0.316 e. The lowest BCUT2D eigenvalue weighted by Crippen LogP contribution is -2.28. The molecule has 2 rings (SSSR count). The van der Waals surface area contributed by atoms with Crippen LogP contribution in [0.2, 0.25) is 0 Å². The predicted octanol–water partition coefficient (Wildman–Crippen LogP) is 1.35. The molecule has 0 radical (unpaired) electrons. The van der Waals surface area contributed by atoms with Crippen LogP contribution in [0.15, 0.2) is 24.3 Å². The van der Waals surface area contributed by atoms with Gasteiger partial charge in [0.05, 0.1) is 6.04 Å². The number of anilines is 1. The lowest BCUT2D eigenvalue weighted by Gasteiger charge is -2.16. The Kier molecular flexibility index (Phi) is 5.16. The maximum absolute atomic E-state index is 12.0. The van der Waals surface area contributed by atoms with Gasteiger partial charge in [0.25, 0.3) is 0 Å². The third-order valence-corrected chi connectivity index (χ3v) is 3.69. The summed E-state index contributed by atoms with van der Waals surface area (Å²) in [5, 5.41) is 8.77. The Morgan fingerprint density at radius 2 is 2.10 bits per heavy atom. The molecule has 2 unspecified atom stereocenters. The van der Waals surface area contributed by atoms with E-state index >= 15 is 0 Å². The number of hydrogen-bond donors (Lipinski definition) is 4. The molecule has 21 heavy (non-hydrogen) atoms. The van der Waals surface area contributed by atoms with Crippen LogP contribution in [-0.4, -0.2) is 25.0 Å². The number of nitrogens with two attached hydrogens (primary N) is 1. The van der Waals surface area contributed by atoms with Crippen molar-refractivity contribution >= 4 is 17.6 Å². The van der Waals surface area contributed by atoms with Gasteiger partial charge in [-0.25, -0.2) is 4.79 Å². The molecule has 1 fully saturated rings. The SMILES string of the molecule is CC(NC(=O)CC1CCNC1)c1ccc(NC(N)=O)cc1. The molecule has 0 bridgehead atoms. The van der Waals surface area contributed by atoms with Crippen molar-refractivity contribution < 1.29 is 9.59 Å². The van der Waals surface area contributed by atoms with E-state index in [0.29, 0.717) is 18.0 Å². The molecule has 6 heteroatoms. The monoisotopic (exact) mass is 290 g/mol. The van der Waals surface area contributed by atoms with Crippen LogP contribution in [0.25, 0.3) is 0 Å². The average molecular weight is 290 g/mol. The number of urea groups is 1. The van der Waals surface area contributed by atoms with Gasteiger partial charge in [-0.15, -0.1) is 0 Å². The van der Waals surface area contributed by atoms with Crippen molar-refractivity contribution in [3.05, 3.63) is 29.8 Å². The molecule has 0 aromatic heterocycles. The van der Waals surface area contributed by atoms with E-state index in [0.717, 1.165) is 25.1 Å². The number of amides is 3. The number of rotatable bonds is 5. The zero-order chi connectivity index (χ0) is 15.2. The highest BCUT2D eigenvalue weighted by atomic mass is 16.2. The summed E-state index contributed by atoms with van der Waals surface area (Å²) in [6.45, 7) is 3.87. The highest BCUT2D eigenvalue weighted by Crippen LogP contribution is 2.17. The molecule has 1 aromatic carbocycles. The van der Waals surface area contributed by atoms with Crippen LogP contribution in [0, 0.1) is 5.92 Å². The van der Waals surface area contributed by atoms with E-state index in [4.69, 9.17) is 5.73 Å². The first kappa shape index (κ1) is 15.3. The molecule has 1 aliphatic heterocycles. The molecular weight excluding hydrogens is 268 g/mol. The molecule has 0 aliphatic carbocycles. The van der Waals surface area contributed by atoms with Crippen molar-refractivity contribution in [3.8, 4) is 0 Å². The molecule has 0 saturated carbocycles. The maximum atomic E-state index is 12.0. The third-order valence-electron chi connectivity index (χ3n) is 3.69. The highest BCUT2D eigenvalue weighted by Gasteiger charge is 2.19. The number of benzene rings is 1. The van der Waals surface area contributed by atoms with Gasteiger partial charge in [-0.1, -0.05) is 12.1 Å². The molecule has 6 nitrogen and oxygen atoms in total. The van der Waals surface area contributed by atoms with Crippen LogP contribution in [0.3, 0.4) is 0 Å². The van der Waals surface area contributed by atoms with Crippen LogP contribution in [0.1, 0.15) is 31.4 Å². The second kappa shape index (κ2) is 7.08. The Morgan fingerprint density at radius 3 is 2.67 bits per heavy atom. The van der Waals surface area contributed by atoms with E-state index in [2.05, 4.69) is 16.0 Å². The first-order valence-electron chi connectivity index (χ1n) is 7.21. The van der Waals surface area contributed by atoms with Crippen molar-refractivity contribution in [3.63, 3.8) is 0 Å². The Bertz CT molecular complexity index is 495. The minimum absolute atomic E-state index is 0.0607. The second-order valence-electron chi connectivity index (χ2n) is 5.46. The summed E-state index contributed by atoms with van der Waals surface area (Å²) >= 11 is 0. The topological polar surface area (TPSA) is 96.2 Å². The molecule has 114 valence electrons. The summed E-state index contributed by atoms with van der Waals surface area (Å²) in [7, 11) is 0. The Labute approximate surface area is 124 Å². The van der Waals surface area contributed by atoms with Gasteiger partial charge in [-0.2, -0.15) is 0 Å². The fraction of sp³-hybridized carbons (Fsp3) is 0.467. The number of primary amides is 1. The fourth-order valence-corrected chi connectivity index (χ4v) is 2.53. The number of nitrogens with one attached hydrogen (secondary N) is 3. The summed E-state index contributed by atoms with van der Waals surface area (Å²) < 4.78 is 0. The number of carbonyl (C=O) groups excluding carboxylic acids is 2. The minimum Gasteiger partial charge on any atom is -0.351 e. The van der Waals surface area contributed by atoms with Gasteiger partial charge in [-0.3, -0.25) is 4.79 Å². The molecule has 1 aromatic rings. The fourth-order valence-electron chi connectivity index (χ4n) is 2.53. The Morgan fingerprint density at radius 1 is 1.38 bits per heavy atom. The van der Waals surface area contributed by atoms with Crippen molar-refractivity contribution in [1.82, 2.24) is 10.6 Å². The average Bonchev–Trinajstić information content (AvgIpc) is 2.91. The van der Waals surface area contributed by atoms with Gasteiger partial charge in [0.2, 0.25) is 5.91 Å². The van der Waals surface area contributed by atoms with Gasteiger partial charge in [0.1, 0.15) is 0 Å².